The normalized spacial score (nSPS) is 15.0. The van der Waals surface area contributed by atoms with E-state index >= 15 is 0 Å². The smallest absolute Gasteiger partial charge is 0.318 e. The molecule has 1 fully saturated rings. The van der Waals surface area contributed by atoms with E-state index in [0.717, 1.165) is 24.0 Å². The van der Waals surface area contributed by atoms with E-state index in [9.17, 15) is 9.90 Å². The van der Waals surface area contributed by atoms with Gasteiger partial charge in [0.2, 0.25) is 0 Å². The van der Waals surface area contributed by atoms with E-state index in [2.05, 4.69) is 10.3 Å². The molecular weight excluding hydrogens is 290 g/mol. The summed E-state index contributed by atoms with van der Waals surface area (Å²) in [5, 5.41) is 13.3. The zero-order chi connectivity index (χ0) is 16.1. The number of pyridine rings is 1. The highest BCUT2D eigenvalue weighted by Crippen LogP contribution is 2.29. The first-order valence-corrected chi connectivity index (χ1v) is 7.90. The lowest BCUT2D eigenvalue weighted by molar-refractivity contribution is 0.118. The van der Waals surface area contributed by atoms with Gasteiger partial charge in [-0.1, -0.05) is 30.3 Å². The summed E-state index contributed by atoms with van der Waals surface area (Å²) >= 11 is 0. The van der Waals surface area contributed by atoms with Crippen molar-refractivity contribution in [1.29, 1.82) is 0 Å². The quantitative estimate of drug-likeness (QED) is 0.861. The van der Waals surface area contributed by atoms with Gasteiger partial charge in [-0.15, -0.1) is 0 Å². The van der Waals surface area contributed by atoms with E-state index in [4.69, 9.17) is 0 Å². The van der Waals surface area contributed by atoms with Gasteiger partial charge < -0.3 is 15.3 Å². The Hall–Kier alpha value is -2.40. The number of aliphatic hydroxyl groups excluding tert-OH is 1. The van der Waals surface area contributed by atoms with Gasteiger partial charge in [-0.3, -0.25) is 4.98 Å². The van der Waals surface area contributed by atoms with Crippen LogP contribution in [0.3, 0.4) is 0 Å². The fourth-order valence-electron chi connectivity index (χ4n) is 2.53. The molecule has 23 heavy (non-hydrogen) atoms. The molecule has 5 nitrogen and oxygen atoms in total. The van der Waals surface area contributed by atoms with Gasteiger partial charge in [0.1, 0.15) is 0 Å². The molecular formula is C18H21N3O2. The van der Waals surface area contributed by atoms with Crippen molar-refractivity contribution in [3.05, 3.63) is 66.0 Å². The Labute approximate surface area is 136 Å². The summed E-state index contributed by atoms with van der Waals surface area (Å²) < 4.78 is 0. The zero-order valence-corrected chi connectivity index (χ0v) is 12.9. The minimum absolute atomic E-state index is 0.126. The number of benzene rings is 1. The van der Waals surface area contributed by atoms with Crippen LogP contribution in [-0.2, 0) is 6.54 Å². The summed E-state index contributed by atoms with van der Waals surface area (Å²) in [6, 6.07) is 13.3. The van der Waals surface area contributed by atoms with Crippen molar-refractivity contribution in [1.82, 2.24) is 15.2 Å². The van der Waals surface area contributed by atoms with Gasteiger partial charge in [-0.2, -0.15) is 0 Å². The first-order chi connectivity index (χ1) is 11.2. The third-order valence-corrected chi connectivity index (χ3v) is 4.00. The molecule has 1 aliphatic rings. The van der Waals surface area contributed by atoms with Gasteiger partial charge in [-0.05, 0) is 36.1 Å². The maximum absolute atomic E-state index is 12.5. The van der Waals surface area contributed by atoms with E-state index in [1.54, 1.807) is 17.3 Å². The molecule has 1 aromatic carbocycles. The fourth-order valence-corrected chi connectivity index (χ4v) is 2.53. The van der Waals surface area contributed by atoms with Crippen molar-refractivity contribution in [2.24, 2.45) is 0 Å². The van der Waals surface area contributed by atoms with Crippen molar-refractivity contribution in [3.8, 4) is 0 Å². The number of amides is 2. The van der Waals surface area contributed by atoms with Gasteiger partial charge >= 0.3 is 6.03 Å². The number of hydrogen-bond donors (Lipinski definition) is 2. The van der Waals surface area contributed by atoms with Crippen molar-refractivity contribution >= 4 is 6.03 Å². The Balaban J connectivity index is 1.59. The Morgan fingerprint density at radius 2 is 1.91 bits per heavy atom. The van der Waals surface area contributed by atoms with Crippen LogP contribution in [0.25, 0.3) is 0 Å². The highest BCUT2D eigenvalue weighted by molar-refractivity contribution is 5.75. The molecule has 5 heteroatoms. The van der Waals surface area contributed by atoms with Crippen molar-refractivity contribution < 1.29 is 9.90 Å². The van der Waals surface area contributed by atoms with E-state index in [1.165, 1.54) is 0 Å². The Morgan fingerprint density at radius 1 is 1.22 bits per heavy atom. The number of nitrogens with zero attached hydrogens (tertiary/aromatic N) is 2. The highest BCUT2D eigenvalue weighted by Gasteiger charge is 2.33. The average molecular weight is 311 g/mol. The van der Waals surface area contributed by atoms with Crippen molar-refractivity contribution in [2.45, 2.75) is 31.5 Å². The highest BCUT2D eigenvalue weighted by atomic mass is 16.3. The van der Waals surface area contributed by atoms with Gasteiger partial charge in [-0.25, -0.2) is 4.79 Å². The SMILES string of the molecule is O=C(NCc1ccncc1)N(C[C@H](O)c1ccccc1)C1CC1. The Kier molecular flexibility index (Phi) is 4.88. The van der Waals surface area contributed by atoms with Crippen molar-refractivity contribution in [2.75, 3.05) is 6.54 Å². The van der Waals surface area contributed by atoms with Gasteiger partial charge in [0.05, 0.1) is 12.6 Å². The molecule has 0 radical (unpaired) electrons. The predicted molar refractivity (Wildman–Crippen MR) is 87.6 cm³/mol. The molecule has 1 saturated carbocycles. The first kappa shape index (κ1) is 15.5. The number of hydrogen-bond acceptors (Lipinski definition) is 3. The van der Waals surface area contributed by atoms with E-state index in [-0.39, 0.29) is 12.1 Å². The van der Waals surface area contributed by atoms with Gasteiger partial charge in [0, 0.05) is 25.0 Å². The van der Waals surface area contributed by atoms with E-state index in [0.29, 0.717) is 13.1 Å². The second-order valence-electron chi connectivity index (χ2n) is 5.82. The lowest BCUT2D eigenvalue weighted by atomic mass is 10.1. The largest absolute Gasteiger partial charge is 0.387 e. The lowest BCUT2D eigenvalue weighted by Crippen LogP contribution is -2.43. The van der Waals surface area contributed by atoms with Crippen LogP contribution >= 0.6 is 0 Å². The molecule has 2 aromatic rings. The molecule has 1 aliphatic carbocycles. The van der Waals surface area contributed by atoms with Crippen LogP contribution in [-0.4, -0.2) is 33.6 Å². The molecule has 0 spiro atoms. The maximum Gasteiger partial charge on any atom is 0.318 e. The fraction of sp³-hybridized carbons (Fsp3) is 0.333. The molecule has 2 amide bonds. The van der Waals surface area contributed by atoms with Gasteiger partial charge in [0.15, 0.2) is 0 Å². The van der Waals surface area contributed by atoms with Crippen LogP contribution < -0.4 is 5.32 Å². The van der Waals surface area contributed by atoms with Crippen LogP contribution in [0, 0.1) is 0 Å². The summed E-state index contributed by atoms with van der Waals surface area (Å²) in [7, 11) is 0. The zero-order valence-electron chi connectivity index (χ0n) is 12.9. The minimum Gasteiger partial charge on any atom is -0.387 e. The second kappa shape index (κ2) is 7.24. The van der Waals surface area contributed by atoms with Crippen LogP contribution in [0.4, 0.5) is 4.79 Å². The third-order valence-electron chi connectivity index (χ3n) is 4.00. The molecule has 0 unspecified atom stereocenters. The number of aliphatic hydroxyl groups is 1. The maximum atomic E-state index is 12.5. The van der Waals surface area contributed by atoms with Crippen LogP contribution in [0.5, 0.6) is 0 Å². The van der Waals surface area contributed by atoms with E-state index < -0.39 is 6.10 Å². The molecule has 1 heterocycles. The molecule has 1 aromatic heterocycles. The van der Waals surface area contributed by atoms with E-state index in [1.807, 2.05) is 42.5 Å². The predicted octanol–water partition coefficient (Wildman–Crippen LogP) is 2.49. The first-order valence-electron chi connectivity index (χ1n) is 7.90. The number of rotatable bonds is 6. The summed E-state index contributed by atoms with van der Waals surface area (Å²) in [5.74, 6) is 0. The third kappa shape index (κ3) is 4.29. The van der Waals surface area contributed by atoms with Crippen molar-refractivity contribution in [3.63, 3.8) is 0 Å². The van der Waals surface area contributed by atoms with Crippen LogP contribution in [0.2, 0.25) is 0 Å². The lowest BCUT2D eigenvalue weighted by Gasteiger charge is -2.25. The van der Waals surface area contributed by atoms with Crippen LogP contribution in [0.15, 0.2) is 54.9 Å². The molecule has 0 aliphatic heterocycles. The summed E-state index contributed by atoms with van der Waals surface area (Å²) in [5.41, 5.74) is 1.84. The minimum atomic E-state index is -0.663. The van der Waals surface area contributed by atoms with Gasteiger partial charge in [0.25, 0.3) is 0 Å². The summed E-state index contributed by atoms with van der Waals surface area (Å²) in [6.07, 6.45) is 4.76. The molecule has 3 rings (SSSR count). The topological polar surface area (TPSA) is 65.5 Å². The molecule has 0 bridgehead atoms. The summed E-state index contributed by atoms with van der Waals surface area (Å²) in [4.78, 5) is 18.2. The second-order valence-corrected chi connectivity index (χ2v) is 5.82. The average Bonchev–Trinajstić information content (AvgIpc) is 3.44. The Morgan fingerprint density at radius 3 is 2.57 bits per heavy atom. The standard InChI is InChI=1S/C18H21N3O2/c22-17(15-4-2-1-3-5-15)13-21(16-6-7-16)18(23)20-12-14-8-10-19-11-9-14/h1-5,8-11,16-17,22H,6-7,12-13H2,(H,20,23)/t17-/m0/s1. The molecule has 0 saturated heterocycles. The number of carbonyl (C=O) groups is 1. The molecule has 1 atom stereocenters. The monoisotopic (exact) mass is 311 g/mol. The number of nitrogens with one attached hydrogen (secondary N) is 1. The molecule has 2 N–H and O–H groups in total. The summed E-state index contributed by atoms with van der Waals surface area (Å²) in [6.45, 7) is 0.781. The number of aromatic nitrogens is 1. The number of urea groups is 1. The Bertz CT molecular complexity index is 629. The number of carbonyl (C=O) groups excluding carboxylic acids is 1. The van der Waals surface area contributed by atoms with Crippen LogP contribution in [0.1, 0.15) is 30.1 Å². The molecule has 120 valence electrons.